The van der Waals surface area contributed by atoms with E-state index in [1.807, 2.05) is 0 Å². The molecule has 0 aromatic rings. The van der Waals surface area contributed by atoms with E-state index in [1.54, 1.807) is 26.0 Å². The minimum absolute atomic E-state index is 0.0358. The van der Waals surface area contributed by atoms with Gasteiger partial charge in [0, 0.05) is 40.0 Å². The zero-order valence-corrected chi connectivity index (χ0v) is 8.41. The summed E-state index contributed by atoms with van der Waals surface area (Å²) in [5, 5.41) is 0. The van der Waals surface area contributed by atoms with Gasteiger partial charge in [0.15, 0.2) is 0 Å². The number of amides is 2. The van der Waals surface area contributed by atoms with E-state index >= 15 is 0 Å². The molecule has 1 atom stereocenters. The van der Waals surface area contributed by atoms with E-state index < -0.39 is 0 Å². The van der Waals surface area contributed by atoms with Crippen LogP contribution in [0.2, 0.25) is 0 Å². The third-order valence-electron chi connectivity index (χ3n) is 2.46. The Bertz CT molecular complexity index is 226. The molecular formula is C9H16N2O2. The van der Waals surface area contributed by atoms with Crippen molar-refractivity contribution in [1.29, 1.82) is 0 Å². The fourth-order valence-corrected chi connectivity index (χ4v) is 1.48. The molecule has 1 unspecified atom stereocenters. The molecule has 1 aliphatic heterocycles. The highest BCUT2D eigenvalue weighted by molar-refractivity contribution is 5.86. The summed E-state index contributed by atoms with van der Waals surface area (Å²) in [4.78, 5) is 25.9. The quantitative estimate of drug-likeness (QED) is 0.603. The van der Waals surface area contributed by atoms with Crippen LogP contribution in [-0.2, 0) is 9.59 Å². The van der Waals surface area contributed by atoms with Gasteiger partial charge in [-0.3, -0.25) is 9.59 Å². The fourth-order valence-electron chi connectivity index (χ4n) is 1.48. The molecule has 2 amide bonds. The van der Waals surface area contributed by atoms with Gasteiger partial charge >= 0.3 is 0 Å². The normalized spacial score (nSPS) is 22.2. The lowest BCUT2D eigenvalue weighted by Gasteiger charge is -2.13. The molecule has 0 spiro atoms. The first-order valence-electron chi connectivity index (χ1n) is 4.47. The van der Waals surface area contributed by atoms with E-state index in [1.165, 1.54) is 4.90 Å². The van der Waals surface area contributed by atoms with Gasteiger partial charge in [0.25, 0.3) is 0 Å². The number of likely N-dealkylation sites (tertiary alicyclic amines) is 1. The van der Waals surface area contributed by atoms with E-state index in [0.29, 0.717) is 6.42 Å². The van der Waals surface area contributed by atoms with Crippen molar-refractivity contribution in [2.75, 3.05) is 27.7 Å². The summed E-state index contributed by atoms with van der Waals surface area (Å²) in [6.07, 6.45) is 1.17. The first-order valence-corrected chi connectivity index (χ1v) is 4.47. The van der Waals surface area contributed by atoms with Crippen molar-refractivity contribution in [2.45, 2.75) is 12.8 Å². The van der Waals surface area contributed by atoms with Crippen molar-refractivity contribution in [3.8, 4) is 0 Å². The molecule has 0 aliphatic carbocycles. The van der Waals surface area contributed by atoms with Gasteiger partial charge < -0.3 is 9.80 Å². The second-order valence-electron chi connectivity index (χ2n) is 3.74. The van der Waals surface area contributed by atoms with Crippen molar-refractivity contribution in [1.82, 2.24) is 9.80 Å². The summed E-state index contributed by atoms with van der Waals surface area (Å²) in [7, 11) is 5.21. The van der Waals surface area contributed by atoms with Crippen LogP contribution in [0.1, 0.15) is 12.8 Å². The van der Waals surface area contributed by atoms with Gasteiger partial charge in [0.1, 0.15) is 0 Å². The number of carbonyl (C=O) groups excluding carboxylic acids is 2. The predicted molar refractivity (Wildman–Crippen MR) is 49.1 cm³/mol. The molecule has 1 fully saturated rings. The maximum absolute atomic E-state index is 11.4. The predicted octanol–water partition coefficient (Wildman–Crippen LogP) is -0.0570. The summed E-state index contributed by atoms with van der Waals surface area (Å²) in [6, 6.07) is 0. The van der Waals surface area contributed by atoms with Gasteiger partial charge in [-0.15, -0.1) is 0 Å². The van der Waals surface area contributed by atoms with Crippen molar-refractivity contribution in [3.63, 3.8) is 0 Å². The maximum atomic E-state index is 11.4. The highest BCUT2D eigenvalue weighted by atomic mass is 16.2. The number of nitrogens with zero attached hydrogens (tertiary/aromatic N) is 2. The minimum atomic E-state index is -0.0834. The third-order valence-corrected chi connectivity index (χ3v) is 2.46. The van der Waals surface area contributed by atoms with Crippen molar-refractivity contribution in [3.05, 3.63) is 0 Å². The van der Waals surface area contributed by atoms with Crippen molar-refractivity contribution < 1.29 is 9.59 Å². The van der Waals surface area contributed by atoms with E-state index in [2.05, 4.69) is 0 Å². The average Bonchev–Trinajstić information content (AvgIpc) is 2.36. The summed E-state index contributed by atoms with van der Waals surface area (Å²) in [6.45, 7) is 0.782. The molecule has 4 nitrogen and oxygen atoms in total. The smallest absolute Gasteiger partial charge is 0.226 e. The molecule has 0 aromatic carbocycles. The van der Waals surface area contributed by atoms with Crippen LogP contribution in [0.25, 0.3) is 0 Å². The summed E-state index contributed by atoms with van der Waals surface area (Å²) < 4.78 is 0. The first-order chi connectivity index (χ1) is 6.02. The maximum Gasteiger partial charge on any atom is 0.226 e. The Morgan fingerprint density at radius 2 is 2.23 bits per heavy atom. The van der Waals surface area contributed by atoms with Crippen LogP contribution in [-0.4, -0.2) is 49.3 Å². The van der Waals surface area contributed by atoms with E-state index in [0.717, 1.165) is 13.0 Å². The van der Waals surface area contributed by atoms with Crippen LogP contribution < -0.4 is 0 Å². The van der Waals surface area contributed by atoms with Gasteiger partial charge in [-0.25, -0.2) is 0 Å². The molecule has 0 N–H and O–H groups in total. The molecule has 1 rings (SSSR count). The van der Waals surface area contributed by atoms with Gasteiger partial charge in [-0.1, -0.05) is 0 Å². The Balaban J connectivity index is 2.47. The zero-order valence-electron chi connectivity index (χ0n) is 8.41. The lowest BCUT2D eigenvalue weighted by Crippen LogP contribution is -2.28. The molecule has 0 bridgehead atoms. The molecule has 74 valence electrons. The average molecular weight is 184 g/mol. The Labute approximate surface area is 78.5 Å². The number of hydrogen-bond donors (Lipinski definition) is 0. The molecule has 1 saturated heterocycles. The second kappa shape index (κ2) is 3.77. The SMILES string of the molecule is CN(C)C(=O)CC1CCN(C)C1=O. The van der Waals surface area contributed by atoms with E-state index in [-0.39, 0.29) is 17.7 Å². The van der Waals surface area contributed by atoms with E-state index in [4.69, 9.17) is 0 Å². The third kappa shape index (κ3) is 2.20. The van der Waals surface area contributed by atoms with Crippen molar-refractivity contribution >= 4 is 11.8 Å². The summed E-state index contributed by atoms with van der Waals surface area (Å²) in [5.41, 5.74) is 0. The molecule has 1 aliphatic rings. The minimum Gasteiger partial charge on any atom is -0.349 e. The Kier molecular flexibility index (Phi) is 2.90. The van der Waals surface area contributed by atoms with Crippen LogP contribution in [0.15, 0.2) is 0 Å². The molecular weight excluding hydrogens is 168 g/mol. The molecule has 1 heterocycles. The molecule has 13 heavy (non-hydrogen) atoms. The molecule has 0 radical (unpaired) electrons. The molecule has 0 aromatic heterocycles. The van der Waals surface area contributed by atoms with E-state index in [9.17, 15) is 9.59 Å². The number of hydrogen-bond acceptors (Lipinski definition) is 2. The summed E-state index contributed by atoms with van der Waals surface area (Å²) in [5.74, 6) is 0.0590. The first kappa shape index (κ1) is 10.0. The number of carbonyl (C=O) groups is 2. The monoisotopic (exact) mass is 184 g/mol. The topological polar surface area (TPSA) is 40.6 Å². The Morgan fingerprint density at radius 1 is 1.62 bits per heavy atom. The van der Waals surface area contributed by atoms with Gasteiger partial charge in [0.05, 0.1) is 0 Å². The highest BCUT2D eigenvalue weighted by Gasteiger charge is 2.30. The lowest BCUT2D eigenvalue weighted by atomic mass is 10.0. The Hall–Kier alpha value is -1.06. The van der Waals surface area contributed by atoms with Crippen LogP contribution in [0.3, 0.4) is 0 Å². The molecule has 0 saturated carbocycles. The standard InChI is InChI=1S/C9H16N2O2/c1-10(2)8(12)6-7-4-5-11(3)9(7)13/h7H,4-6H2,1-3H3. The van der Waals surface area contributed by atoms with Crippen LogP contribution in [0, 0.1) is 5.92 Å². The van der Waals surface area contributed by atoms with Crippen LogP contribution in [0.4, 0.5) is 0 Å². The zero-order chi connectivity index (χ0) is 10.0. The van der Waals surface area contributed by atoms with Gasteiger partial charge in [-0.05, 0) is 6.42 Å². The largest absolute Gasteiger partial charge is 0.349 e. The highest BCUT2D eigenvalue weighted by Crippen LogP contribution is 2.20. The van der Waals surface area contributed by atoms with Gasteiger partial charge in [0.2, 0.25) is 11.8 Å². The van der Waals surface area contributed by atoms with Gasteiger partial charge in [-0.2, -0.15) is 0 Å². The second-order valence-corrected chi connectivity index (χ2v) is 3.74. The number of rotatable bonds is 2. The fraction of sp³-hybridized carbons (Fsp3) is 0.778. The lowest BCUT2D eigenvalue weighted by molar-refractivity contribution is -0.136. The van der Waals surface area contributed by atoms with Crippen LogP contribution in [0.5, 0.6) is 0 Å². The Morgan fingerprint density at radius 3 is 2.62 bits per heavy atom. The summed E-state index contributed by atoms with van der Waals surface area (Å²) >= 11 is 0. The molecule has 4 heteroatoms. The van der Waals surface area contributed by atoms with Crippen molar-refractivity contribution in [2.24, 2.45) is 5.92 Å². The van der Waals surface area contributed by atoms with Crippen LogP contribution >= 0.6 is 0 Å².